The molecule has 0 bridgehead atoms. The first kappa shape index (κ1) is 15.4. The van der Waals surface area contributed by atoms with E-state index in [-0.39, 0.29) is 6.10 Å². The highest BCUT2D eigenvalue weighted by atomic mass is 32.1. The molecule has 5 nitrogen and oxygen atoms in total. The minimum absolute atomic E-state index is 0.221. The predicted octanol–water partition coefficient (Wildman–Crippen LogP) is 2.92. The Morgan fingerprint density at radius 3 is 2.64 bits per heavy atom. The molecule has 0 amide bonds. The Morgan fingerprint density at radius 1 is 1.32 bits per heavy atom. The molecule has 1 aliphatic heterocycles. The lowest BCUT2D eigenvalue weighted by atomic mass is 9.92. The van der Waals surface area contributed by atoms with Gasteiger partial charge in [-0.1, -0.05) is 18.2 Å². The van der Waals surface area contributed by atoms with E-state index in [0.717, 1.165) is 31.5 Å². The first-order valence-electron chi connectivity index (χ1n) is 7.67. The van der Waals surface area contributed by atoms with Crippen LogP contribution in [0.3, 0.4) is 0 Å². The smallest absolute Gasteiger partial charge is 0.288 e. The molecular weight excluding hydrogens is 298 g/mol. The number of benzene rings is 1. The number of hydrogen-bond acceptors (Lipinski definition) is 5. The van der Waals surface area contributed by atoms with Gasteiger partial charge in [-0.15, -0.1) is 5.10 Å². The van der Waals surface area contributed by atoms with Crippen LogP contribution in [0.15, 0.2) is 34.7 Å². The average molecular weight is 319 g/mol. The summed E-state index contributed by atoms with van der Waals surface area (Å²) in [5.41, 5.74) is 0.931. The molecule has 1 unspecified atom stereocenters. The van der Waals surface area contributed by atoms with E-state index in [2.05, 4.69) is 10.00 Å². The van der Waals surface area contributed by atoms with Gasteiger partial charge in [-0.2, -0.15) is 0 Å². The van der Waals surface area contributed by atoms with Gasteiger partial charge in [0.05, 0.1) is 12.8 Å². The van der Waals surface area contributed by atoms with Crippen molar-refractivity contribution in [1.82, 2.24) is 14.7 Å². The van der Waals surface area contributed by atoms with Gasteiger partial charge < -0.3 is 9.52 Å². The molecule has 22 heavy (non-hydrogen) atoms. The molecule has 0 radical (unpaired) electrons. The van der Waals surface area contributed by atoms with Crippen LogP contribution in [0.2, 0.25) is 0 Å². The van der Waals surface area contributed by atoms with Crippen LogP contribution in [0.25, 0.3) is 11.5 Å². The molecule has 1 aliphatic rings. The molecule has 1 aromatic heterocycles. The number of aliphatic hydroxyl groups is 1. The molecule has 0 spiro atoms. The van der Waals surface area contributed by atoms with Crippen LogP contribution >= 0.6 is 12.2 Å². The standard InChI is InChI=1S/C16H21N3O2S/c1-12(20)13-7-9-18(10-8-13)11-19-16(22)21-15(17-19)14-5-3-2-4-6-14/h2-6,12-13,20H,7-11H2,1H3. The molecule has 0 saturated carbocycles. The quantitative estimate of drug-likeness (QED) is 0.878. The van der Waals surface area contributed by atoms with Crippen LogP contribution in [0.1, 0.15) is 19.8 Å². The van der Waals surface area contributed by atoms with E-state index in [1.165, 1.54) is 0 Å². The van der Waals surface area contributed by atoms with Crippen molar-refractivity contribution in [2.45, 2.75) is 32.5 Å². The molecule has 1 fully saturated rings. The van der Waals surface area contributed by atoms with Gasteiger partial charge in [0, 0.05) is 18.7 Å². The van der Waals surface area contributed by atoms with Crippen molar-refractivity contribution in [3.05, 3.63) is 35.2 Å². The van der Waals surface area contributed by atoms with Gasteiger partial charge in [-0.3, -0.25) is 4.90 Å². The van der Waals surface area contributed by atoms with E-state index in [0.29, 0.717) is 23.3 Å². The van der Waals surface area contributed by atoms with E-state index < -0.39 is 0 Å². The molecule has 0 aliphatic carbocycles. The lowest BCUT2D eigenvalue weighted by Gasteiger charge is -2.32. The average Bonchev–Trinajstić information content (AvgIpc) is 2.90. The Bertz CT molecular complexity index is 658. The van der Waals surface area contributed by atoms with E-state index in [4.69, 9.17) is 16.6 Å². The summed E-state index contributed by atoms with van der Waals surface area (Å²) in [5, 5.41) is 14.1. The van der Waals surface area contributed by atoms with E-state index >= 15 is 0 Å². The van der Waals surface area contributed by atoms with Gasteiger partial charge in [0.25, 0.3) is 4.84 Å². The Hall–Kier alpha value is -1.50. The summed E-state index contributed by atoms with van der Waals surface area (Å²) in [4.78, 5) is 2.70. The molecule has 3 rings (SSSR count). The normalized spacial score (nSPS) is 18.5. The van der Waals surface area contributed by atoms with Gasteiger partial charge >= 0.3 is 0 Å². The number of hydrogen-bond donors (Lipinski definition) is 1. The van der Waals surface area contributed by atoms with Crippen LogP contribution < -0.4 is 0 Å². The van der Waals surface area contributed by atoms with Crippen molar-refractivity contribution >= 4 is 12.2 Å². The molecule has 1 saturated heterocycles. The Balaban J connectivity index is 1.67. The second kappa shape index (κ2) is 6.73. The number of aromatic nitrogens is 2. The molecule has 1 aromatic carbocycles. The maximum absolute atomic E-state index is 9.66. The van der Waals surface area contributed by atoms with E-state index in [1.807, 2.05) is 37.3 Å². The van der Waals surface area contributed by atoms with Crippen molar-refractivity contribution in [1.29, 1.82) is 0 Å². The first-order chi connectivity index (χ1) is 10.6. The zero-order valence-corrected chi connectivity index (χ0v) is 13.5. The lowest BCUT2D eigenvalue weighted by molar-refractivity contribution is 0.0588. The number of piperidine rings is 1. The van der Waals surface area contributed by atoms with E-state index in [9.17, 15) is 5.11 Å². The minimum Gasteiger partial charge on any atom is -0.409 e. The fraction of sp³-hybridized carbons (Fsp3) is 0.500. The monoisotopic (exact) mass is 319 g/mol. The maximum Gasteiger partial charge on any atom is 0.288 e. The highest BCUT2D eigenvalue weighted by molar-refractivity contribution is 7.71. The van der Waals surface area contributed by atoms with Crippen molar-refractivity contribution in [3.63, 3.8) is 0 Å². The Labute approximate surface area is 135 Å². The summed E-state index contributed by atoms with van der Waals surface area (Å²) >= 11 is 5.27. The number of nitrogens with zero attached hydrogens (tertiary/aromatic N) is 3. The summed E-state index contributed by atoms with van der Waals surface area (Å²) in [6.45, 7) is 4.41. The number of aliphatic hydroxyl groups excluding tert-OH is 1. The third-order valence-corrected chi connectivity index (χ3v) is 4.57. The predicted molar refractivity (Wildman–Crippen MR) is 86.7 cm³/mol. The third-order valence-electron chi connectivity index (χ3n) is 4.28. The van der Waals surface area contributed by atoms with Gasteiger partial charge in [0.15, 0.2) is 0 Å². The highest BCUT2D eigenvalue weighted by Gasteiger charge is 2.23. The molecule has 2 heterocycles. The Morgan fingerprint density at radius 2 is 2.00 bits per heavy atom. The summed E-state index contributed by atoms with van der Waals surface area (Å²) in [7, 11) is 0. The largest absolute Gasteiger partial charge is 0.409 e. The van der Waals surface area contributed by atoms with Crippen LogP contribution in [0.5, 0.6) is 0 Å². The van der Waals surface area contributed by atoms with Crippen molar-refractivity contribution in [3.8, 4) is 11.5 Å². The van der Waals surface area contributed by atoms with Crippen molar-refractivity contribution in [2.75, 3.05) is 13.1 Å². The lowest BCUT2D eigenvalue weighted by Crippen LogP contribution is -2.38. The first-order valence-corrected chi connectivity index (χ1v) is 8.08. The topological polar surface area (TPSA) is 54.4 Å². The maximum atomic E-state index is 9.66. The Kier molecular flexibility index (Phi) is 4.71. The summed E-state index contributed by atoms with van der Waals surface area (Å²) < 4.78 is 7.34. The van der Waals surface area contributed by atoms with E-state index in [1.54, 1.807) is 4.68 Å². The molecule has 2 aromatic rings. The molecule has 1 N–H and O–H groups in total. The molecule has 6 heteroatoms. The molecule has 1 atom stereocenters. The van der Waals surface area contributed by atoms with Crippen LogP contribution in [0, 0.1) is 10.8 Å². The molecular formula is C16H21N3O2S. The minimum atomic E-state index is -0.221. The van der Waals surface area contributed by atoms with Crippen molar-refractivity contribution < 1.29 is 9.52 Å². The zero-order chi connectivity index (χ0) is 15.5. The summed E-state index contributed by atoms with van der Waals surface area (Å²) in [6.07, 6.45) is 1.80. The van der Waals surface area contributed by atoms with Crippen LogP contribution in [0.4, 0.5) is 0 Å². The van der Waals surface area contributed by atoms with Gasteiger partial charge in [-0.25, -0.2) is 4.68 Å². The van der Waals surface area contributed by atoms with Crippen LogP contribution in [-0.2, 0) is 6.67 Å². The fourth-order valence-corrected chi connectivity index (χ4v) is 3.04. The van der Waals surface area contributed by atoms with Crippen LogP contribution in [-0.4, -0.2) is 39.0 Å². The molecule has 118 valence electrons. The van der Waals surface area contributed by atoms with Crippen molar-refractivity contribution in [2.24, 2.45) is 5.92 Å². The van der Waals surface area contributed by atoms with Gasteiger partial charge in [0.1, 0.15) is 0 Å². The second-order valence-corrected chi connectivity index (χ2v) is 6.23. The number of rotatable bonds is 4. The SMILES string of the molecule is CC(O)C1CCN(Cn2nc(-c3ccccc3)oc2=S)CC1. The fourth-order valence-electron chi connectivity index (χ4n) is 2.86. The van der Waals surface area contributed by atoms with Gasteiger partial charge in [0.2, 0.25) is 5.89 Å². The number of likely N-dealkylation sites (tertiary alicyclic amines) is 1. The third kappa shape index (κ3) is 3.45. The van der Waals surface area contributed by atoms with Gasteiger partial charge in [-0.05, 0) is 50.0 Å². The zero-order valence-electron chi connectivity index (χ0n) is 12.7. The highest BCUT2D eigenvalue weighted by Crippen LogP contribution is 2.22. The second-order valence-electron chi connectivity index (χ2n) is 5.88. The summed E-state index contributed by atoms with van der Waals surface area (Å²) in [6, 6.07) is 9.78. The summed E-state index contributed by atoms with van der Waals surface area (Å²) in [5.74, 6) is 0.964.